The fourth-order valence-corrected chi connectivity index (χ4v) is 1.47. The number of carbonyl (C=O) groups excluding carboxylic acids is 1. The summed E-state index contributed by atoms with van der Waals surface area (Å²) in [6.07, 6.45) is 0. The molecule has 0 fully saturated rings. The maximum atomic E-state index is 13.2. The van der Waals surface area contributed by atoms with E-state index in [2.05, 4.69) is 10.3 Å². The van der Waals surface area contributed by atoms with Gasteiger partial charge in [-0.2, -0.15) is 0 Å². The van der Waals surface area contributed by atoms with E-state index in [1.54, 1.807) is 13.8 Å². The molecule has 1 N–H and O–H groups in total. The summed E-state index contributed by atoms with van der Waals surface area (Å²) in [5, 5.41) is 2.07. The summed E-state index contributed by atoms with van der Waals surface area (Å²) < 4.78 is 18.3. The second kappa shape index (κ2) is 5.82. The van der Waals surface area contributed by atoms with Crippen LogP contribution in [0.3, 0.4) is 0 Å². The molecule has 18 heavy (non-hydrogen) atoms. The summed E-state index contributed by atoms with van der Waals surface area (Å²) in [6.45, 7) is 3.86. The molecule has 0 aliphatic carbocycles. The molecule has 0 aliphatic rings. The molecule has 0 radical (unpaired) electrons. The summed E-state index contributed by atoms with van der Waals surface area (Å²) >= 11 is 11.2. The molecule has 7 heteroatoms. The van der Waals surface area contributed by atoms with Crippen molar-refractivity contribution in [3.05, 3.63) is 27.8 Å². The first-order chi connectivity index (χ1) is 8.26. The van der Waals surface area contributed by atoms with Crippen LogP contribution >= 0.6 is 23.2 Å². The van der Waals surface area contributed by atoms with Crippen LogP contribution in [-0.4, -0.2) is 30.1 Å². The van der Waals surface area contributed by atoms with Crippen molar-refractivity contribution < 1.29 is 13.9 Å². The highest BCUT2D eigenvalue weighted by atomic mass is 35.5. The zero-order chi connectivity index (χ0) is 13.9. The standard InChI is InChI=1S/C11H13Cl2FN2O2/c1-11(2,18-3)5-15-10(17)6-4-7(14)9(13)16-8(6)12/h4H,5H2,1-3H3,(H,15,17). The van der Waals surface area contributed by atoms with Gasteiger partial charge in [-0.25, -0.2) is 9.37 Å². The molecular weight excluding hydrogens is 282 g/mol. The Kier molecular flexibility index (Phi) is 4.90. The van der Waals surface area contributed by atoms with Gasteiger partial charge in [0, 0.05) is 13.7 Å². The topological polar surface area (TPSA) is 51.2 Å². The molecule has 1 amide bonds. The lowest BCUT2D eigenvalue weighted by atomic mass is 10.1. The van der Waals surface area contributed by atoms with E-state index >= 15 is 0 Å². The van der Waals surface area contributed by atoms with Crippen LogP contribution in [0.2, 0.25) is 10.3 Å². The van der Waals surface area contributed by atoms with E-state index in [-0.39, 0.29) is 22.4 Å². The molecule has 0 aliphatic heterocycles. The third kappa shape index (κ3) is 3.80. The number of pyridine rings is 1. The highest BCUT2D eigenvalue weighted by Gasteiger charge is 2.20. The Hall–Kier alpha value is -0.910. The lowest BCUT2D eigenvalue weighted by molar-refractivity contribution is 0.0228. The van der Waals surface area contributed by atoms with Crippen molar-refractivity contribution in [2.75, 3.05) is 13.7 Å². The smallest absolute Gasteiger partial charge is 0.254 e. The molecule has 0 spiro atoms. The van der Waals surface area contributed by atoms with Crippen molar-refractivity contribution in [1.29, 1.82) is 0 Å². The second-order valence-electron chi connectivity index (χ2n) is 4.25. The van der Waals surface area contributed by atoms with Gasteiger partial charge in [0.05, 0.1) is 11.2 Å². The molecule has 0 saturated heterocycles. The number of amides is 1. The van der Waals surface area contributed by atoms with Crippen molar-refractivity contribution in [3.63, 3.8) is 0 Å². The van der Waals surface area contributed by atoms with E-state index in [0.717, 1.165) is 6.07 Å². The number of ether oxygens (including phenoxy) is 1. The number of methoxy groups -OCH3 is 1. The van der Waals surface area contributed by atoms with Gasteiger partial charge in [-0.3, -0.25) is 4.79 Å². The number of aromatic nitrogens is 1. The number of carbonyl (C=O) groups is 1. The Balaban J connectivity index is 2.82. The summed E-state index contributed by atoms with van der Waals surface area (Å²) in [6, 6.07) is 0.951. The van der Waals surface area contributed by atoms with Crippen LogP contribution in [0.5, 0.6) is 0 Å². The number of nitrogens with one attached hydrogen (secondary N) is 1. The van der Waals surface area contributed by atoms with Gasteiger partial charge in [-0.05, 0) is 19.9 Å². The first kappa shape index (κ1) is 15.1. The minimum Gasteiger partial charge on any atom is -0.377 e. The van der Waals surface area contributed by atoms with Crippen LogP contribution in [0.4, 0.5) is 4.39 Å². The molecule has 1 heterocycles. The largest absolute Gasteiger partial charge is 0.377 e. The average molecular weight is 295 g/mol. The molecule has 1 aromatic heterocycles. The van der Waals surface area contributed by atoms with Crippen molar-refractivity contribution >= 4 is 29.1 Å². The van der Waals surface area contributed by atoms with Crippen molar-refractivity contribution in [2.24, 2.45) is 0 Å². The van der Waals surface area contributed by atoms with Crippen LogP contribution in [-0.2, 0) is 4.74 Å². The Morgan fingerprint density at radius 3 is 2.67 bits per heavy atom. The first-order valence-electron chi connectivity index (χ1n) is 5.12. The van der Waals surface area contributed by atoms with Crippen LogP contribution < -0.4 is 5.32 Å². The lowest BCUT2D eigenvalue weighted by Crippen LogP contribution is -2.39. The maximum absolute atomic E-state index is 13.2. The normalized spacial score (nSPS) is 11.4. The number of nitrogens with zero attached hydrogens (tertiary/aromatic N) is 1. The first-order valence-corrected chi connectivity index (χ1v) is 5.87. The highest BCUT2D eigenvalue weighted by molar-refractivity contribution is 6.34. The molecular formula is C11H13Cl2FN2O2. The number of hydrogen-bond acceptors (Lipinski definition) is 3. The van der Waals surface area contributed by atoms with E-state index in [1.165, 1.54) is 7.11 Å². The minimum absolute atomic E-state index is 0.0644. The Bertz CT molecular complexity index is 467. The molecule has 100 valence electrons. The predicted molar refractivity (Wildman–Crippen MR) is 67.6 cm³/mol. The summed E-state index contributed by atoms with van der Waals surface area (Å²) in [5.74, 6) is -1.33. The van der Waals surface area contributed by atoms with Crippen LogP contribution in [0.1, 0.15) is 24.2 Å². The van der Waals surface area contributed by atoms with Crippen LogP contribution in [0.25, 0.3) is 0 Å². The maximum Gasteiger partial charge on any atom is 0.254 e. The monoisotopic (exact) mass is 294 g/mol. The van der Waals surface area contributed by atoms with Crippen molar-refractivity contribution in [3.8, 4) is 0 Å². The SMILES string of the molecule is COC(C)(C)CNC(=O)c1cc(F)c(Cl)nc1Cl. The Labute approximate surface area is 114 Å². The fourth-order valence-electron chi connectivity index (χ4n) is 1.07. The fraction of sp³-hybridized carbons (Fsp3) is 0.455. The molecule has 0 saturated carbocycles. The number of halogens is 3. The third-order valence-electron chi connectivity index (χ3n) is 2.36. The van der Waals surface area contributed by atoms with Gasteiger partial charge >= 0.3 is 0 Å². The van der Waals surface area contributed by atoms with Crippen molar-refractivity contribution in [1.82, 2.24) is 10.3 Å². The van der Waals surface area contributed by atoms with E-state index in [4.69, 9.17) is 27.9 Å². The average Bonchev–Trinajstić information content (AvgIpc) is 2.31. The summed E-state index contributed by atoms with van der Waals surface area (Å²) in [7, 11) is 1.53. The minimum atomic E-state index is -0.794. The van der Waals surface area contributed by atoms with Gasteiger partial charge in [-0.1, -0.05) is 23.2 Å². The zero-order valence-electron chi connectivity index (χ0n) is 10.2. The lowest BCUT2D eigenvalue weighted by Gasteiger charge is -2.23. The van der Waals surface area contributed by atoms with Gasteiger partial charge in [0.15, 0.2) is 11.0 Å². The molecule has 4 nitrogen and oxygen atoms in total. The molecule has 0 atom stereocenters. The van der Waals surface area contributed by atoms with E-state index in [1.807, 2.05) is 0 Å². The zero-order valence-corrected chi connectivity index (χ0v) is 11.7. The number of hydrogen-bond donors (Lipinski definition) is 1. The molecule has 0 bridgehead atoms. The summed E-state index contributed by atoms with van der Waals surface area (Å²) in [5.41, 5.74) is -0.592. The van der Waals surface area contributed by atoms with Crippen LogP contribution in [0.15, 0.2) is 6.07 Å². The predicted octanol–water partition coefficient (Wildman–Crippen LogP) is 2.68. The van der Waals surface area contributed by atoms with E-state index in [9.17, 15) is 9.18 Å². The van der Waals surface area contributed by atoms with Crippen LogP contribution in [0, 0.1) is 5.82 Å². The van der Waals surface area contributed by atoms with Gasteiger partial charge in [0.1, 0.15) is 5.15 Å². The number of rotatable bonds is 4. The Morgan fingerprint density at radius 1 is 1.50 bits per heavy atom. The highest BCUT2D eigenvalue weighted by Crippen LogP contribution is 2.20. The van der Waals surface area contributed by atoms with Gasteiger partial charge in [0.2, 0.25) is 0 Å². The quantitative estimate of drug-likeness (QED) is 0.869. The van der Waals surface area contributed by atoms with E-state index in [0.29, 0.717) is 0 Å². The van der Waals surface area contributed by atoms with Gasteiger partial charge in [0.25, 0.3) is 5.91 Å². The van der Waals surface area contributed by atoms with Gasteiger partial charge in [-0.15, -0.1) is 0 Å². The molecule has 0 aromatic carbocycles. The molecule has 1 rings (SSSR count). The summed E-state index contributed by atoms with van der Waals surface area (Å²) in [4.78, 5) is 15.3. The third-order valence-corrected chi connectivity index (χ3v) is 2.91. The Morgan fingerprint density at radius 2 is 2.11 bits per heavy atom. The van der Waals surface area contributed by atoms with Gasteiger partial charge < -0.3 is 10.1 Å². The second-order valence-corrected chi connectivity index (χ2v) is 4.96. The van der Waals surface area contributed by atoms with Crippen molar-refractivity contribution in [2.45, 2.75) is 19.4 Å². The molecule has 0 unspecified atom stereocenters. The van der Waals surface area contributed by atoms with E-state index < -0.39 is 17.3 Å². The molecule has 1 aromatic rings.